The van der Waals surface area contributed by atoms with Gasteiger partial charge >= 0.3 is 0 Å². The second-order valence-corrected chi connectivity index (χ2v) is 5.18. The normalized spacial score (nSPS) is 25.3. The Balaban J connectivity index is 1.96. The van der Waals surface area contributed by atoms with Crippen LogP contribution in [0.1, 0.15) is 37.2 Å². The first kappa shape index (κ1) is 9.53. The first-order valence-corrected chi connectivity index (χ1v) is 6.26. The van der Waals surface area contributed by atoms with E-state index in [-0.39, 0.29) is 0 Å². The predicted octanol–water partition coefficient (Wildman–Crippen LogP) is 4.04. The van der Waals surface area contributed by atoms with Crippen LogP contribution in [0.15, 0.2) is 18.2 Å². The maximum atomic E-state index is 6.08. The van der Waals surface area contributed by atoms with Crippen molar-refractivity contribution >= 4 is 17.3 Å². The highest BCUT2D eigenvalue weighted by molar-refractivity contribution is 6.30. The van der Waals surface area contributed by atoms with Crippen LogP contribution in [0.4, 0.5) is 5.69 Å². The van der Waals surface area contributed by atoms with Gasteiger partial charge in [0.2, 0.25) is 0 Å². The van der Waals surface area contributed by atoms with Crippen molar-refractivity contribution in [1.29, 1.82) is 0 Å². The van der Waals surface area contributed by atoms with Crippen LogP contribution in [0.3, 0.4) is 0 Å². The molecule has 15 heavy (non-hydrogen) atoms. The van der Waals surface area contributed by atoms with Gasteiger partial charge in [-0.25, -0.2) is 0 Å². The molecule has 1 aromatic carbocycles. The monoisotopic (exact) mass is 221 g/mol. The maximum absolute atomic E-state index is 6.08. The summed E-state index contributed by atoms with van der Waals surface area (Å²) in [4.78, 5) is 0. The van der Waals surface area contributed by atoms with E-state index in [9.17, 15) is 0 Å². The maximum Gasteiger partial charge on any atom is 0.0410 e. The van der Waals surface area contributed by atoms with Gasteiger partial charge in [-0.3, -0.25) is 0 Å². The van der Waals surface area contributed by atoms with Gasteiger partial charge in [-0.1, -0.05) is 18.0 Å². The van der Waals surface area contributed by atoms with Crippen molar-refractivity contribution in [2.45, 2.75) is 31.6 Å². The molecule has 2 aliphatic rings. The zero-order chi connectivity index (χ0) is 10.3. The Morgan fingerprint density at radius 3 is 2.80 bits per heavy atom. The summed E-state index contributed by atoms with van der Waals surface area (Å²) < 4.78 is 0. The molecule has 0 amide bonds. The van der Waals surface area contributed by atoms with Gasteiger partial charge in [0, 0.05) is 17.3 Å². The zero-order valence-electron chi connectivity index (χ0n) is 8.80. The third-order valence-electron chi connectivity index (χ3n) is 3.90. The lowest BCUT2D eigenvalue weighted by molar-refractivity contribution is 0.252. The van der Waals surface area contributed by atoms with Gasteiger partial charge in [0.1, 0.15) is 0 Å². The zero-order valence-corrected chi connectivity index (χ0v) is 9.56. The third kappa shape index (κ3) is 1.63. The lowest BCUT2D eigenvalue weighted by Crippen LogP contribution is -2.26. The second kappa shape index (κ2) is 3.71. The first-order valence-electron chi connectivity index (χ1n) is 5.88. The van der Waals surface area contributed by atoms with Crippen LogP contribution in [0.2, 0.25) is 5.02 Å². The van der Waals surface area contributed by atoms with E-state index in [1.54, 1.807) is 0 Å². The van der Waals surface area contributed by atoms with Crippen LogP contribution in [0, 0.1) is 5.92 Å². The minimum atomic E-state index is 0.758. The lowest BCUT2D eigenvalue weighted by Gasteiger charge is -2.38. The van der Waals surface area contributed by atoms with Gasteiger partial charge in [-0.15, -0.1) is 0 Å². The van der Waals surface area contributed by atoms with E-state index in [0.29, 0.717) is 0 Å². The molecule has 80 valence electrons. The molecule has 0 spiro atoms. The Hall–Kier alpha value is -0.690. The topological polar surface area (TPSA) is 12.0 Å². The molecule has 1 aromatic rings. The molecule has 1 N–H and O–H groups in total. The molecular weight excluding hydrogens is 206 g/mol. The van der Waals surface area contributed by atoms with Gasteiger partial charge in [0.05, 0.1) is 0 Å². The Kier molecular flexibility index (Phi) is 2.36. The summed E-state index contributed by atoms with van der Waals surface area (Å²) in [5.74, 6) is 1.68. The Bertz CT molecular complexity index is 371. The first-order chi connectivity index (χ1) is 7.34. The van der Waals surface area contributed by atoms with Crippen molar-refractivity contribution in [2.75, 3.05) is 11.9 Å². The van der Waals surface area contributed by atoms with E-state index in [4.69, 9.17) is 11.6 Å². The van der Waals surface area contributed by atoms with Crippen molar-refractivity contribution in [3.05, 3.63) is 28.8 Å². The molecule has 1 heterocycles. The van der Waals surface area contributed by atoms with Crippen LogP contribution in [0.5, 0.6) is 0 Å². The highest BCUT2D eigenvalue weighted by Crippen LogP contribution is 2.45. The van der Waals surface area contributed by atoms with E-state index in [1.807, 2.05) is 6.07 Å². The van der Waals surface area contributed by atoms with E-state index in [1.165, 1.54) is 36.9 Å². The Morgan fingerprint density at radius 1 is 1.20 bits per heavy atom. The fraction of sp³-hybridized carbons (Fsp3) is 0.538. The molecule has 1 atom stereocenters. The number of nitrogens with one attached hydrogen (secondary N) is 1. The summed E-state index contributed by atoms with van der Waals surface area (Å²) in [6.07, 6.45) is 5.52. The molecule has 1 unspecified atom stereocenters. The highest BCUT2D eigenvalue weighted by Gasteiger charge is 2.31. The average Bonchev–Trinajstić information content (AvgIpc) is 2.16. The molecular formula is C13H16ClN. The van der Waals surface area contributed by atoms with Crippen molar-refractivity contribution in [2.24, 2.45) is 5.92 Å². The van der Waals surface area contributed by atoms with Crippen LogP contribution in [-0.4, -0.2) is 6.54 Å². The molecule has 0 radical (unpaired) electrons. The van der Waals surface area contributed by atoms with Crippen molar-refractivity contribution in [3.8, 4) is 0 Å². The predicted molar refractivity (Wildman–Crippen MR) is 64.6 cm³/mol. The summed E-state index contributed by atoms with van der Waals surface area (Å²) in [7, 11) is 0. The number of rotatable bonds is 1. The van der Waals surface area contributed by atoms with Crippen molar-refractivity contribution < 1.29 is 0 Å². The fourth-order valence-corrected chi connectivity index (χ4v) is 3.03. The Labute approximate surface area is 95.8 Å². The van der Waals surface area contributed by atoms with Gasteiger partial charge in [0.25, 0.3) is 0 Å². The number of halogens is 1. The van der Waals surface area contributed by atoms with Gasteiger partial charge in [-0.05, 0) is 54.9 Å². The van der Waals surface area contributed by atoms with E-state index >= 15 is 0 Å². The fourth-order valence-electron chi connectivity index (χ4n) is 2.85. The van der Waals surface area contributed by atoms with Gasteiger partial charge in [0.15, 0.2) is 0 Å². The van der Waals surface area contributed by atoms with E-state index < -0.39 is 0 Å². The molecule has 3 rings (SSSR count). The summed E-state index contributed by atoms with van der Waals surface area (Å²) in [6.45, 7) is 1.12. The third-order valence-corrected chi connectivity index (χ3v) is 4.14. The molecule has 0 saturated heterocycles. The summed E-state index contributed by atoms with van der Waals surface area (Å²) in [5.41, 5.74) is 2.76. The van der Waals surface area contributed by atoms with Crippen LogP contribution in [0.25, 0.3) is 0 Å². The average molecular weight is 222 g/mol. The smallest absolute Gasteiger partial charge is 0.0410 e. The van der Waals surface area contributed by atoms with Crippen LogP contribution < -0.4 is 5.32 Å². The lowest BCUT2D eigenvalue weighted by atomic mass is 9.70. The SMILES string of the molecule is Clc1ccc2c(c1)C(C1CCC1)CCN2. The molecule has 2 heteroatoms. The molecule has 0 aromatic heterocycles. The Morgan fingerprint density at radius 2 is 2.07 bits per heavy atom. The van der Waals surface area contributed by atoms with Gasteiger partial charge in [-0.2, -0.15) is 0 Å². The number of hydrogen-bond donors (Lipinski definition) is 1. The summed E-state index contributed by atoms with van der Waals surface area (Å²) in [6, 6.07) is 6.27. The summed E-state index contributed by atoms with van der Waals surface area (Å²) >= 11 is 6.08. The van der Waals surface area contributed by atoms with Crippen molar-refractivity contribution in [1.82, 2.24) is 0 Å². The standard InChI is InChI=1S/C13H16ClN/c14-10-4-5-13-12(8-10)11(6-7-15-13)9-2-1-3-9/h4-5,8-9,11,15H,1-3,6-7H2. The van der Waals surface area contributed by atoms with E-state index in [0.717, 1.165) is 23.4 Å². The quantitative estimate of drug-likeness (QED) is 0.755. The van der Waals surface area contributed by atoms with Crippen LogP contribution >= 0.6 is 11.6 Å². The number of fused-ring (bicyclic) bond motifs is 1. The number of benzene rings is 1. The van der Waals surface area contributed by atoms with Gasteiger partial charge < -0.3 is 5.32 Å². The minimum absolute atomic E-state index is 0.758. The van der Waals surface area contributed by atoms with Crippen molar-refractivity contribution in [3.63, 3.8) is 0 Å². The number of hydrogen-bond acceptors (Lipinski definition) is 1. The molecule has 1 fully saturated rings. The summed E-state index contributed by atoms with van der Waals surface area (Å²) in [5, 5.41) is 4.34. The van der Waals surface area contributed by atoms with Crippen LogP contribution in [-0.2, 0) is 0 Å². The molecule has 1 saturated carbocycles. The molecule has 1 nitrogen and oxygen atoms in total. The highest BCUT2D eigenvalue weighted by atomic mass is 35.5. The minimum Gasteiger partial charge on any atom is -0.385 e. The van der Waals surface area contributed by atoms with E-state index in [2.05, 4.69) is 17.4 Å². The second-order valence-electron chi connectivity index (χ2n) is 4.74. The number of anilines is 1. The molecule has 1 aliphatic heterocycles. The molecule has 1 aliphatic carbocycles. The molecule has 0 bridgehead atoms. The largest absolute Gasteiger partial charge is 0.385 e.